The van der Waals surface area contributed by atoms with Gasteiger partial charge >= 0.3 is 0 Å². The molecule has 0 fully saturated rings. The van der Waals surface area contributed by atoms with Crippen LogP contribution in [0.3, 0.4) is 0 Å². The molecule has 240 valence electrons. The van der Waals surface area contributed by atoms with E-state index in [-0.39, 0.29) is 0 Å². The molecule has 0 aliphatic carbocycles. The third-order valence-electron chi connectivity index (χ3n) is 10.0. The third-order valence-corrected chi connectivity index (χ3v) is 10.0. The Balaban J connectivity index is 1.18. The highest BCUT2D eigenvalue weighted by atomic mass is 16.5. The number of rotatable bonds is 3. The molecule has 0 atom stereocenters. The first-order chi connectivity index (χ1) is 25.3. The largest absolute Gasteiger partial charge is 0.453 e. The van der Waals surface area contributed by atoms with E-state index in [4.69, 9.17) is 9.47 Å². The molecular formula is C45H28N4O2. The third kappa shape index (κ3) is 4.07. The average Bonchev–Trinajstić information content (AvgIpc) is 3.51. The maximum Gasteiger partial charge on any atom is 0.152 e. The lowest BCUT2D eigenvalue weighted by molar-refractivity contribution is 0.477. The SMILES string of the molecule is c1ccc2c(c1)Oc1ccccc1N2c1cccc2c(N3c4ccccc4Oc4cc5c6ccccc6n(-c6ccncc6)c5cc43)cccc12. The minimum Gasteiger partial charge on any atom is -0.453 e. The lowest BCUT2D eigenvalue weighted by atomic mass is 10.0. The molecule has 2 aliphatic rings. The van der Waals surface area contributed by atoms with Crippen molar-refractivity contribution in [2.75, 3.05) is 9.80 Å². The van der Waals surface area contributed by atoms with Gasteiger partial charge in [0.2, 0.25) is 0 Å². The van der Waals surface area contributed by atoms with E-state index in [1.54, 1.807) is 0 Å². The lowest BCUT2D eigenvalue weighted by Gasteiger charge is -2.35. The van der Waals surface area contributed by atoms with Gasteiger partial charge in [-0.25, -0.2) is 0 Å². The van der Waals surface area contributed by atoms with Gasteiger partial charge in [0.1, 0.15) is 0 Å². The van der Waals surface area contributed by atoms with Gasteiger partial charge < -0.3 is 23.8 Å². The summed E-state index contributed by atoms with van der Waals surface area (Å²) in [5.41, 5.74) is 9.38. The molecule has 2 aromatic heterocycles. The van der Waals surface area contributed by atoms with Crippen LogP contribution in [0, 0.1) is 0 Å². The van der Waals surface area contributed by atoms with Crippen molar-refractivity contribution < 1.29 is 9.47 Å². The second-order valence-electron chi connectivity index (χ2n) is 12.8. The van der Waals surface area contributed by atoms with Crippen LogP contribution in [0.15, 0.2) is 170 Å². The normalized spacial score (nSPS) is 12.9. The Bertz CT molecular complexity index is 2800. The summed E-state index contributed by atoms with van der Waals surface area (Å²) in [4.78, 5) is 8.98. The number of para-hydroxylation sites is 7. The first kappa shape index (κ1) is 27.9. The van der Waals surface area contributed by atoms with Crippen LogP contribution in [0.1, 0.15) is 0 Å². The van der Waals surface area contributed by atoms with Gasteiger partial charge in [0.05, 0.1) is 45.2 Å². The van der Waals surface area contributed by atoms with Gasteiger partial charge in [-0.3, -0.25) is 4.98 Å². The van der Waals surface area contributed by atoms with Gasteiger partial charge in [-0.05, 0) is 78.9 Å². The molecule has 0 radical (unpaired) electrons. The number of pyridine rings is 1. The molecule has 0 spiro atoms. The topological polar surface area (TPSA) is 42.8 Å². The van der Waals surface area contributed by atoms with Gasteiger partial charge in [-0.1, -0.05) is 78.9 Å². The quantitative estimate of drug-likeness (QED) is 0.189. The molecule has 6 nitrogen and oxygen atoms in total. The van der Waals surface area contributed by atoms with Gasteiger partial charge in [0.25, 0.3) is 0 Å². The molecule has 6 heteroatoms. The molecule has 0 amide bonds. The van der Waals surface area contributed by atoms with Crippen LogP contribution in [0.25, 0.3) is 38.3 Å². The van der Waals surface area contributed by atoms with Crippen LogP contribution in [-0.4, -0.2) is 9.55 Å². The number of anilines is 6. The summed E-state index contributed by atoms with van der Waals surface area (Å²) in [5.74, 6) is 3.28. The van der Waals surface area contributed by atoms with Crippen molar-refractivity contribution in [2.24, 2.45) is 0 Å². The molecule has 0 N–H and O–H groups in total. The Morgan fingerprint density at radius 3 is 1.47 bits per heavy atom. The fourth-order valence-electron chi connectivity index (χ4n) is 7.88. The molecule has 2 aliphatic heterocycles. The lowest BCUT2D eigenvalue weighted by Crippen LogP contribution is -2.17. The highest BCUT2D eigenvalue weighted by Crippen LogP contribution is 2.56. The average molecular weight is 657 g/mol. The summed E-state index contributed by atoms with van der Waals surface area (Å²) in [6.07, 6.45) is 3.69. The highest BCUT2D eigenvalue weighted by molar-refractivity contribution is 6.13. The van der Waals surface area contributed by atoms with E-state index in [9.17, 15) is 0 Å². The highest BCUT2D eigenvalue weighted by Gasteiger charge is 2.31. The minimum absolute atomic E-state index is 0.808. The number of nitrogens with zero attached hydrogens (tertiary/aromatic N) is 4. The van der Waals surface area contributed by atoms with E-state index >= 15 is 0 Å². The van der Waals surface area contributed by atoms with Crippen LogP contribution in [0.5, 0.6) is 23.0 Å². The van der Waals surface area contributed by atoms with Crippen LogP contribution >= 0.6 is 0 Å². The zero-order chi connectivity index (χ0) is 33.5. The molecule has 4 heterocycles. The van der Waals surface area contributed by atoms with E-state index in [1.165, 1.54) is 5.39 Å². The smallest absolute Gasteiger partial charge is 0.152 e. The molecule has 0 unspecified atom stereocenters. The molecule has 11 rings (SSSR count). The van der Waals surface area contributed by atoms with Crippen LogP contribution in [0.2, 0.25) is 0 Å². The Kier molecular flexibility index (Phi) is 5.86. The minimum atomic E-state index is 0.808. The van der Waals surface area contributed by atoms with Crippen molar-refractivity contribution in [3.05, 3.63) is 170 Å². The fraction of sp³-hybridized carbons (Fsp3) is 0. The molecule has 0 bridgehead atoms. The monoisotopic (exact) mass is 656 g/mol. The van der Waals surface area contributed by atoms with Crippen molar-refractivity contribution in [3.63, 3.8) is 0 Å². The summed E-state index contributed by atoms with van der Waals surface area (Å²) in [6.45, 7) is 0. The van der Waals surface area contributed by atoms with Crippen LogP contribution in [-0.2, 0) is 0 Å². The Morgan fingerprint density at radius 1 is 0.353 bits per heavy atom. The molecule has 7 aromatic carbocycles. The standard InChI is InChI=1S/C45H28N4O2/c1-2-14-34-32(11-1)33-27-45-41(28-40(33)47(34)29-23-25-46-26-24-29)49(39-17-5-8-22-44(39)51-45)36-19-10-12-30-31(36)13-9-18-35(30)48-37-15-3-6-20-42(37)50-43-21-7-4-16-38(43)48/h1-28H. The van der Waals surface area contributed by atoms with E-state index in [1.807, 2.05) is 48.8 Å². The van der Waals surface area contributed by atoms with E-state index < -0.39 is 0 Å². The van der Waals surface area contributed by atoms with Crippen molar-refractivity contribution >= 4 is 66.7 Å². The van der Waals surface area contributed by atoms with E-state index in [2.05, 4.69) is 141 Å². The van der Waals surface area contributed by atoms with Crippen LogP contribution in [0.4, 0.5) is 34.1 Å². The summed E-state index contributed by atoms with van der Waals surface area (Å²) in [5, 5.41) is 4.54. The molecular weight excluding hydrogens is 629 g/mol. The second-order valence-corrected chi connectivity index (χ2v) is 12.8. The van der Waals surface area contributed by atoms with Gasteiger partial charge in [0.15, 0.2) is 23.0 Å². The summed E-state index contributed by atoms with van der Waals surface area (Å²) in [6, 6.07) is 55.1. The summed E-state index contributed by atoms with van der Waals surface area (Å²) >= 11 is 0. The fourth-order valence-corrected chi connectivity index (χ4v) is 7.88. The Labute approximate surface area is 293 Å². The van der Waals surface area contributed by atoms with Crippen molar-refractivity contribution in [2.45, 2.75) is 0 Å². The second kappa shape index (κ2) is 10.7. The predicted molar refractivity (Wildman–Crippen MR) is 206 cm³/mol. The number of aromatic nitrogens is 2. The number of benzene rings is 7. The zero-order valence-corrected chi connectivity index (χ0v) is 27.3. The maximum absolute atomic E-state index is 6.73. The molecule has 0 saturated carbocycles. The zero-order valence-electron chi connectivity index (χ0n) is 27.3. The maximum atomic E-state index is 6.73. The number of ether oxygens (including phenoxy) is 2. The van der Waals surface area contributed by atoms with Crippen LogP contribution < -0.4 is 19.3 Å². The summed E-state index contributed by atoms with van der Waals surface area (Å²) < 4.78 is 15.4. The van der Waals surface area contributed by atoms with Crippen molar-refractivity contribution in [1.29, 1.82) is 0 Å². The van der Waals surface area contributed by atoms with E-state index in [0.717, 1.165) is 90.0 Å². The first-order valence-corrected chi connectivity index (χ1v) is 17.0. The number of hydrogen-bond donors (Lipinski definition) is 0. The van der Waals surface area contributed by atoms with Crippen molar-refractivity contribution in [1.82, 2.24) is 9.55 Å². The van der Waals surface area contributed by atoms with Gasteiger partial charge in [0, 0.05) is 39.6 Å². The Morgan fingerprint density at radius 2 is 0.843 bits per heavy atom. The van der Waals surface area contributed by atoms with Gasteiger partial charge in [-0.15, -0.1) is 0 Å². The first-order valence-electron chi connectivity index (χ1n) is 17.0. The summed E-state index contributed by atoms with van der Waals surface area (Å²) in [7, 11) is 0. The Hall–Kier alpha value is -7.05. The number of fused-ring (bicyclic) bond motifs is 8. The predicted octanol–water partition coefficient (Wildman–Crippen LogP) is 12.5. The van der Waals surface area contributed by atoms with E-state index in [0.29, 0.717) is 0 Å². The molecule has 51 heavy (non-hydrogen) atoms. The van der Waals surface area contributed by atoms with Crippen molar-refractivity contribution in [3.8, 4) is 28.7 Å². The van der Waals surface area contributed by atoms with Gasteiger partial charge in [-0.2, -0.15) is 0 Å². The number of hydrogen-bond acceptors (Lipinski definition) is 5. The molecule has 9 aromatic rings. The molecule has 0 saturated heterocycles.